The zero-order chi connectivity index (χ0) is 77.2. The van der Waals surface area contributed by atoms with E-state index in [4.69, 9.17) is 8.83 Å². The predicted molar refractivity (Wildman–Crippen MR) is 484 cm³/mol. The molecule has 0 amide bonds. The van der Waals surface area contributed by atoms with E-state index < -0.39 is 0 Å². The highest BCUT2D eigenvalue weighted by atomic mass is 16.3. The number of hydrogen-bond acceptors (Lipinski definition) is 3. The summed E-state index contributed by atoms with van der Waals surface area (Å²) in [5.41, 5.74) is 38.4. The Morgan fingerprint density at radius 3 is 1.47 bits per heavy atom. The first-order chi connectivity index (χ1) is 56.9. The minimum atomic E-state index is -0.182. The Morgan fingerprint density at radius 1 is 0.302 bits per heavy atom. The minimum Gasteiger partial charge on any atom is -0.456 e. The number of furan rings is 2. The third-order valence-electron chi connectivity index (χ3n) is 25.8. The van der Waals surface area contributed by atoms with E-state index in [2.05, 4.69) is 419 Å². The lowest BCUT2D eigenvalue weighted by Crippen LogP contribution is -2.16. The van der Waals surface area contributed by atoms with Crippen LogP contribution in [0.25, 0.3) is 166 Å². The van der Waals surface area contributed by atoms with Crippen molar-refractivity contribution in [2.45, 2.75) is 57.8 Å². The van der Waals surface area contributed by atoms with Crippen LogP contribution in [0.1, 0.15) is 78.1 Å². The second-order valence-electron chi connectivity index (χ2n) is 33.1. The van der Waals surface area contributed by atoms with E-state index >= 15 is 0 Å². The third kappa shape index (κ3) is 10.4. The van der Waals surface area contributed by atoms with Crippen molar-refractivity contribution in [3.05, 3.63) is 415 Å². The molecule has 0 fully saturated rings. The maximum absolute atomic E-state index is 6.90. The van der Waals surface area contributed by atoms with E-state index in [9.17, 15) is 0 Å². The summed E-state index contributed by atoms with van der Waals surface area (Å²) in [7, 11) is 0. The zero-order valence-electron chi connectivity index (χ0n) is 65.2. The van der Waals surface area contributed by atoms with Crippen LogP contribution in [0, 0.1) is 6.92 Å². The first kappa shape index (κ1) is 67.4. The Kier molecular flexibility index (Phi) is 15.1. The van der Waals surface area contributed by atoms with Gasteiger partial charge in [0.05, 0.1) is 38.8 Å². The van der Waals surface area contributed by atoms with Gasteiger partial charge in [-0.15, -0.1) is 0 Å². The molecule has 2 aliphatic carbocycles. The number of rotatable bonds is 13. The molecule has 0 bridgehead atoms. The molecule has 0 saturated carbocycles. The second kappa shape index (κ2) is 25.9. The molecule has 23 rings (SSSR count). The van der Waals surface area contributed by atoms with Gasteiger partial charge in [-0.3, -0.25) is 0 Å². The fraction of sp³-hybridized carbons (Fsp3) is 0.0811. The number of aryl methyl sites for hydroxylation is 1. The third-order valence-corrected chi connectivity index (χ3v) is 25.8. The van der Waals surface area contributed by atoms with Crippen molar-refractivity contribution in [1.82, 2.24) is 9.13 Å². The number of benzene rings is 17. The lowest BCUT2D eigenvalue weighted by Gasteiger charge is -2.29. The number of para-hydroxylation sites is 2. The number of anilines is 3. The maximum Gasteiger partial charge on any atom is 0.137 e. The van der Waals surface area contributed by atoms with Gasteiger partial charge >= 0.3 is 0 Å². The van der Waals surface area contributed by atoms with Crippen LogP contribution < -0.4 is 4.90 Å². The maximum atomic E-state index is 6.90. The highest BCUT2D eigenvalue weighted by Crippen LogP contribution is 2.57. The fourth-order valence-corrected chi connectivity index (χ4v) is 20.2. The molecule has 0 spiro atoms. The summed E-state index contributed by atoms with van der Waals surface area (Å²) < 4.78 is 18.6. The van der Waals surface area contributed by atoms with Crippen molar-refractivity contribution in [2.24, 2.45) is 0 Å². The number of aromatic nitrogens is 2. The minimum absolute atomic E-state index is 0.0611. The van der Waals surface area contributed by atoms with Gasteiger partial charge in [-0.2, -0.15) is 0 Å². The van der Waals surface area contributed by atoms with Crippen LogP contribution >= 0.6 is 0 Å². The van der Waals surface area contributed by atoms with E-state index in [1.54, 1.807) is 0 Å². The molecule has 4 heterocycles. The van der Waals surface area contributed by atoms with Gasteiger partial charge in [-0.25, -0.2) is 0 Å². The quantitative estimate of drug-likeness (QED) is 0.115. The van der Waals surface area contributed by atoms with Crippen LogP contribution in [-0.4, -0.2) is 9.13 Å². The number of hydrogen-bond donors (Lipinski definition) is 0. The van der Waals surface area contributed by atoms with Gasteiger partial charge in [-0.05, 0) is 235 Å². The number of nitrogens with zero attached hydrogens (tertiary/aromatic N) is 3. The molecule has 2 aliphatic rings. The van der Waals surface area contributed by atoms with E-state index in [1.807, 2.05) is 0 Å². The van der Waals surface area contributed by atoms with Gasteiger partial charge in [0.2, 0.25) is 0 Å². The van der Waals surface area contributed by atoms with Crippen LogP contribution in [0.3, 0.4) is 0 Å². The van der Waals surface area contributed by atoms with E-state index in [0.717, 1.165) is 134 Å². The van der Waals surface area contributed by atoms with Crippen molar-refractivity contribution in [3.63, 3.8) is 0 Å². The van der Waals surface area contributed by atoms with Crippen molar-refractivity contribution >= 4 is 105 Å². The van der Waals surface area contributed by atoms with Crippen LogP contribution in [-0.2, 0) is 17.3 Å². The Balaban J connectivity index is 0.594. The van der Waals surface area contributed by atoms with Gasteiger partial charge < -0.3 is 22.9 Å². The van der Waals surface area contributed by atoms with Crippen LogP contribution in [0.5, 0.6) is 0 Å². The molecule has 0 N–H and O–H groups in total. The van der Waals surface area contributed by atoms with Crippen molar-refractivity contribution in [3.8, 4) is 78.1 Å². The Bertz CT molecular complexity index is 7610. The molecule has 17 aromatic carbocycles. The lowest BCUT2D eigenvalue weighted by atomic mass is 9.80. The van der Waals surface area contributed by atoms with E-state index in [1.165, 1.54) is 99.3 Å². The van der Waals surface area contributed by atoms with Gasteiger partial charge in [-0.1, -0.05) is 282 Å². The van der Waals surface area contributed by atoms with E-state index in [0.29, 0.717) is 0 Å². The molecule has 550 valence electrons. The Morgan fingerprint density at radius 2 is 0.767 bits per heavy atom. The van der Waals surface area contributed by atoms with Crippen LogP contribution in [0.15, 0.2) is 379 Å². The fourth-order valence-electron chi connectivity index (χ4n) is 20.2. The standard InChI is InChI=1S/C111H79N3O2/c1-68-43-45-71(46-44-68)87(66-78-26-19-36-94-106(78)85-31-12-15-34-92(85)110(94,2)3)84-33-20-41-104-107(84)90-64-75(52-59-102(90)115-104)74-51-58-98-89(63-74)83-56-49-77(67-101(83)113(98)79-27-10-7-11-28-79)70-47-54-80(55-48-70)112-96-38-17-14-30-82(96)88-62-73(50-57-97(88)112)76-53-60-103-91(65-76)109-100(40-22-42-105(109)116-103)114(81-29-18-25-72(61-81)69-23-8-6-9-24-69)99-39-21-37-95-108(99)86-32-13-16-35-93(86)111(95,4)5/h6-65,67,87H,66H2,1-5H3. The summed E-state index contributed by atoms with van der Waals surface area (Å²) in [6.45, 7) is 11.7. The van der Waals surface area contributed by atoms with Crippen molar-refractivity contribution in [1.29, 1.82) is 0 Å². The molecule has 1 atom stereocenters. The summed E-state index contributed by atoms with van der Waals surface area (Å²) in [4.78, 5) is 2.48. The summed E-state index contributed by atoms with van der Waals surface area (Å²) in [5.74, 6) is 0.0611. The summed E-state index contributed by atoms with van der Waals surface area (Å²) in [6.07, 6.45) is 0.844. The SMILES string of the molecule is Cc1ccc(C(Cc2cccc3c2-c2ccccc2C3(C)C)c2cccc3oc4ccc(-c5ccc6c(c5)c5ccc(-c7ccc(-n8c9ccccc9c9cc(-c%10ccc%11oc%12cccc(N(c%13cccc(-c%14ccccc%14)c%13)c%13cccc%14c%13-c%13ccccc%13C%14(C)C)c%12c%11c%10)ccc98)cc7)cc5n6-c5ccccc5)cc4c23)cc1. The molecule has 0 saturated heterocycles. The van der Waals surface area contributed by atoms with Crippen molar-refractivity contribution in [2.75, 3.05) is 4.90 Å². The molecule has 21 aromatic rings. The normalized spacial score (nSPS) is 13.5. The monoisotopic (exact) mass is 1490 g/mol. The van der Waals surface area contributed by atoms with E-state index in [-0.39, 0.29) is 16.7 Å². The van der Waals surface area contributed by atoms with Crippen LogP contribution in [0.2, 0.25) is 0 Å². The zero-order valence-corrected chi connectivity index (χ0v) is 65.2. The molecular formula is C111H79N3O2. The second-order valence-corrected chi connectivity index (χ2v) is 33.1. The average Bonchev–Trinajstić information content (AvgIpc) is 1.55. The highest BCUT2D eigenvalue weighted by Gasteiger charge is 2.40. The molecule has 0 aliphatic heterocycles. The molecular weight excluding hydrogens is 1410 g/mol. The lowest BCUT2D eigenvalue weighted by molar-refractivity contribution is 0.659. The predicted octanol–water partition coefficient (Wildman–Crippen LogP) is 30.1. The van der Waals surface area contributed by atoms with Gasteiger partial charge in [0.15, 0.2) is 0 Å². The largest absolute Gasteiger partial charge is 0.456 e. The topological polar surface area (TPSA) is 39.4 Å². The molecule has 5 nitrogen and oxygen atoms in total. The smallest absolute Gasteiger partial charge is 0.137 e. The number of fused-ring (bicyclic) bond motifs is 18. The van der Waals surface area contributed by atoms with Crippen molar-refractivity contribution < 1.29 is 8.83 Å². The highest BCUT2D eigenvalue weighted by molar-refractivity contribution is 6.17. The van der Waals surface area contributed by atoms with Gasteiger partial charge in [0.25, 0.3) is 0 Å². The summed E-state index contributed by atoms with van der Waals surface area (Å²) >= 11 is 0. The summed E-state index contributed by atoms with van der Waals surface area (Å²) in [5, 5.41) is 9.22. The molecule has 0 radical (unpaired) electrons. The first-order valence-electron chi connectivity index (χ1n) is 40.6. The average molecular weight is 1490 g/mol. The van der Waals surface area contributed by atoms with Gasteiger partial charge in [0.1, 0.15) is 22.3 Å². The van der Waals surface area contributed by atoms with Crippen LogP contribution in [0.4, 0.5) is 17.1 Å². The Hall–Kier alpha value is -14.3. The molecule has 116 heavy (non-hydrogen) atoms. The Labute approximate surface area is 673 Å². The first-order valence-corrected chi connectivity index (χ1v) is 40.6. The van der Waals surface area contributed by atoms with Gasteiger partial charge in [0, 0.05) is 77.1 Å². The molecule has 4 aromatic heterocycles. The molecule has 5 heteroatoms. The summed E-state index contributed by atoms with van der Waals surface area (Å²) in [6, 6.07) is 137. The molecule has 1 unspecified atom stereocenters.